The van der Waals surface area contributed by atoms with Gasteiger partial charge in [0.05, 0.1) is 18.0 Å². The molecule has 5 nitrogen and oxygen atoms in total. The van der Waals surface area contributed by atoms with E-state index in [-0.39, 0.29) is 5.91 Å². The average molecular weight is 323 g/mol. The molecule has 0 aromatic carbocycles. The van der Waals surface area contributed by atoms with Crippen LogP contribution in [0.3, 0.4) is 0 Å². The van der Waals surface area contributed by atoms with Crippen LogP contribution in [-0.4, -0.2) is 59.9 Å². The summed E-state index contributed by atoms with van der Waals surface area (Å²) in [6, 6.07) is 3.83. The Balaban J connectivity index is 1.55. The quantitative estimate of drug-likeness (QED) is 0.612. The minimum atomic E-state index is 0.0884. The fraction of sp³-hybridized carbons (Fsp3) is 0.625. The molecule has 1 aromatic rings. The van der Waals surface area contributed by atoms with E-state index in [4.69, 9.17) is 4.74 Å². The molecule has 0 radical (unpaired) electrons. The van der Waals surface area contributed by atoms with Crippen LogP contribution in [0.5, 0.6) is 0 Å². The Labute approximate surface area is 136 Å². The number of carbonyl (C=O) groups is 1. The van der Waals surface area contributed by atoms with E-state index in [9.17, 15) is 4.79 Å². The number of pyridine rings is 1. The number of aromatic nitrogens is 1. The Morgan fingerprint density at radius 1 is 1.36 bits per heavy atom. The van der Waals surface area contributed by atoms with Crippen LogP contribution >= 0.6 is 11.8 Å². The monoisotopic (exact) mass is 323 g/mol. The summed E-state index contributed by atoms with van der Waals surface area (Å²) in [4.78, 5) is 19.2. The average Bonchev–Trinajstić information content (AvgIpc) is 2.50. The highest BCUT2D eigenvalue weighted by molar-refractivity contribution is 8.00. The number of rotatable bonds is 7. The van der Waals surface area contributed by atoms with E-state index < -0.39 is 0 Å². The lowest BCUT2D eigenvalue weighted by molar-refractivity contribution is -0.118. The molecule has 0 unspecified atom stereocenters. The number of thioether (sulfide) groups is 1. The predicted molar refractivity (Wildman–Crippen MR) is 89.0 cm³/mol. The predicted octanol–water partition coefficient (Wildman–Crippen LogP) is 1.79. The van der Waals surface area contributed by atoms with Gasteiger partial charge in [-0.25, -0.2) is 0 Å². The molecule has 1 aliphatic heterocycles. The largest absolute Gasteiger partial charge is 0.373 e. The molecule has 2 rings (SSSR count). The molecule has 2 heterocycles. The second kappa shape index (κ2) is 9.12. The molecule has 0 spiro atoms. The van der Waals surface area contributed by atoms with Gasteiger partial charge in [-0.3, -0.25) is 14.7 Å². The smallest absolute Gasteiger partial charge is 0.230 e. The van der Waals surface area contributed by atoms with Crippen LogP contribution in [-0.2, 0) is 9.53 Å². The number of hydrogen-bond donors (Lipinski definition) is 1. The number of morpholine rings is 1. The fourth-order valence-corrected chi connectivity index (χ4v) is 3.35. The van der Waals surface area contributed by atoms with E-state index in [1.54, 1.807) is 12.4 Å². The van der Waals surface area contributed by atoms with Gasteiger partial charge in [0.15, 0.2) is 0 Å². The van der Waals surface area contributed by atoms with E-state index in [1.807, 2.05) is 12.1 Å². The normalized spacial score (nSPS) is 22.5. The SMILES string of the molecule is C[C@@H]1CN(CCCNC(=O)CSc2ccncc2)C[C@H](C)O1. The summed E-state index contributed by atoms with van der Waals surface area (Å²) >= 11 is 1.54. The first-order valence-electron chi connectivity index (χ1n) is 7.81. The van der Waals surface area contributed by atoms with E-state index in [0.717, 1.165) is 37.5 Å². The van der Waals surface area contributed by atoms with E-state index in [0.29, 0.717) is 18.0 Å². The Kier molecular flexibility index (Phi) is 7.15. The summed E-state index contributed by atoms with van der Waals surface area (Å²) in [7, 11) is 0. The van der Waals surface area contributed by atoms with E-state index >= 15 is 0 Å². The van der Waals surface area contributed by atoms with Crippen LogP contribution in [0.15, 0.2) is 29.4 Å². The molecule has 0 saturated carbocycles. The van der Waals surface area contributed by atoms with Gasteiger partial charge in [-0.1, -0.05) is 0 Å². The Morgan fingerprint density at radius 3 is 2.73 bits per heavy atom. The highest BCUT2D eigenvalue weighted by atomic mass is 32.2. The van der Waals surface area contributed by atoms with Crippen LogP contribution in [0.1, 0.15) is 20.3 Å². The molecule has 0 aliphatic carbocycles. The number of nitrogens with zero attached hydrogens (tertiary/aromatic N) is 2. The van der Waals surface area contributed by atoms with Gasteiger partial charge >= 0.3 is 0 Å². The van der Waals surface area contributed by atoms with Crippen LogP contribution in [0.2, 0.25) is 0 Å². The summed E-state index contributed by atoms with van der Waals surface area (Å²) in [6.45, 7) is 7.93. The third-order valence-electron chi connectivity index (χ3n) is 3.49. The van der Waals surface area contributed by atoms with Gasteiger partial charge < -0.3 is 10.1 Å². The third kappa shape index (κ3) is 6.34. The molecule has 1 aliphatic rings. The summed E-state index contributed by atoms with van der Waals surface area (Å²) in [5.41, 5.74) is 0. The lowest BCUT2D eigenvalue weighted by atomic mass is 10.2. The first-order valence-corrected chi connectivity index (χ1v) is 8.79. The Morgan fingerprint density at radius 2 is 2.05 bits per heavy atom. The number of amides is 1. The maximum atomic E-state index is 11.8. The zero-order chi connectivity index (χ0) is 15.8. The van der Waals surface area contributed by atoms with Gasteiger partial charge in [0.1, 0.15) is 0 Å². The van der Waals surface area contributed by atoms with Crippen molar-refractivity contribution >= 4 is 17.7 Å². The minimum Gasteiger partial charge on any atom is -0.373 e. The van der Waals surface area contributed by atoms with Crippen molar-refractivity contribution in [2.24, 2.45) is 0 Å². The number of ether oxygens (including phenoxy) is 1. The number of nitrogens with one attached hydrogen (secondary N) is 1. The first-order chi connectivity index (χ1) is 10.6. The zero-order valence-corrected chi connectivity index (χ0v) is 14.1. The summed E-state index contributed by atoms with van der Waals surface area (Å²) in [6.07, 6.45) is 5.06. The van der Waals surface area contributed by atoms with Crippen molar-refractivity contribution < 1.29 is 9.53 Å². The van der Waals surface area contributed by atoms with Crippen molar-refractivity contribution in [2.75, 3.05) is 31.9 Å². The lowest BCUT2D eigenvalue weighted by Crippen LogP contribution is -2.46. The highest BCUT2D eigenvalue weighted by Gasteiger charge is 2.21. The van der Waals surface area contributed by atoms with Gasteiger partial charge in [-0.2, -0.15) is 0 Å². The van der Waals surface area contributed by atoms with Crippen molar-refractivity contribution in [1.29, 1.82) is 0 Å². The van der Waals surface area contributed by atoms with Crippen molar-refractivity contribution in [2.45, 2.75) is 37.4 Å². The number of carbonyl (C=O) groups excluding carboxylic acids is 1. The molecule has 1 saturated heterocycles. The van der Waals surface area contributed by atoms with Gasteiger partial charge in [0, 0.05) is 43.5 Å². The maximum Gasteiger partial charge on any atom is 0.230 e. The Bertz CT molecular complexity index is 448. The molecule has 2 atom stereocenters. The first kappa shape index (κ1) is 17.2. The summed E-state index contributed by atoms with van der Waals surface area (Å²) in [5.74, 6) is 0.542. The molecule has 122 valence electrons. The third-order valence-corrected chi connectivity index (χ3v) is 4.50. The molecular formula is C16H25N3O2S. The van der Waals surface area contributed by atoms with E-state index in [1.165, 1.54) is 11.8 Å². The standard InChI is InChI=1S/C16H25N3O2S/c1-13-10-19(11-14(2)21-13)9-3-6-18-16(20)12-22-15-4-7-17-8-5-15/h4-5,7-8,13-14H,3,6,9-12H2,1-2H3,(H,18,20)/t13-,14+. The second-order valence-electron chi connectivity index (χ2n) is 5.69. The second-order valence-corrected chi connectivity index (χ2v) is 6.74. The van der Waals surface area contributed by atoms with Crippen molar-refractivity contribution in [1.82, 2.24) is 15.2 Å². The van der Waals surface area contributed by atoms with E-state index in [2.05, 4.69) is 29.0 Å². The van der Waals surface area contributed by atoms with Gasteiger partial charge in [-0.05, 0) is 32.4 Å². The molecular weight excluding hydrogens is 298 g/mol. The number of hydrogen-bond acceptors (Lipinski definition) is 5. The molecule has 1 fully saturated rings. The molecule has 6 heteroatoms. The molecule has 1 aromatic heterocycles. The lowest BCUT2D eigenvalue weighted by Gasteiger charge is -2.35. The topological polar surface area (TPSA) is 54.5 Å². The maximum absolute atomic E-state index is 11.8. The van der Waals surface area contributed by atoms with Crippen molar-refractivity contribution in [3.05, 3.63) is 24.5 Å². The van der Waals surface area contributed by atoms with Crippen molar-refractivity contribution in [3.8, 4) is 0 Å². The minimum absolute atomic E-state index is 0.0884. The van der Waals surface area contributed by atoms with Crippen LogP contribution in [0.25, 0.3) is 0 Å². The molecule has 0 bridgehead atoms. The highest BCUT2D eigenvalue weighted by Crippen LogP contribution is 2.15. The Hall–Kier alpha value is -1.11. The van der Waals surface area contributed by atoms with Crippen molar-refractivity contribution in [3.63, 3.8) is 0 Å². The van der Waals surface area contributed by atoms with Gasteiger partial charge in [0.25, 0.3) is 0 Å². The summed E-state index contributed by atoms with van der Waals surface area (Å²) < 4.78 is 5.72. The summed E-state index contributed by atoms with van der Waals surface area (Å²) in [5, 5.41) is 2.98. The zero-order valence-electron chi connectivity index (χ0n) is 13.3. The van der Waals surface area contributed by atoms with Gasteiger partial charge in [0.2, 0.25) is 5.91 Å². The molecule has 1 N–H and O–H groups in total. The van der Waals surface area contributed by atoms with Crippen LogP contribution in [0.4, 0.5) is 0 Å². The van der Waals surface area contributed by atoms with Gasteiger partial charge in [-0.15, -0.1) is 11.8 Å². The van der Waals surface area contributed by atoms with Crippen LogP contribution < -0.4 is 5.32 Å². The molecule has 1 amide bonds. The fourth-order valence-electron chi connectivity index (χ4n) is 2.63. The van der Waals surface area contributed by atoms with Crippen LogP contribution in [0, 0.1) is 0 Å². The molecule has 22 heavy (non-hydrogen) atoms.